The van der Waals surface area contributed by atoms with Gasteiger partial charge in [-0.05, 0) is 61.7 Å². The molecule has 1 aliphatic carbocycles. The van der Waals surface area contributed by atoms with E-state index in [4.69, 9.17) is 4.74 Å². The molecule has 2 atom stereocenters. The highest BCUT2D eigenvalue weighted by Crippen LogP contribution is 2.28. The molecule has 168 valence electrons. The van der Waals surface area contributed by atoms with Gasteiger partial charge in [0, 0.05) is 29.5 Å². The number of nitrogens with one attached hydrogen (secondary N) is 2. The number of amides is 1. The van der Waals surface area contributed by atoms with E-state index >= 15 is 0 Å². The van der Waals surface area contributed by atoms with Crippen molar-refractivity contribution in [1.82, 2.24) is 10.3 Å². The Kier molecular flexibility index (Phi) is 6.21. The third-order valence-corrected chi connectivity index (χ3v) is 5.76. The van der Waals surface area contributed by atoms with Crippen molar-refractivity contribution >= 4 is 22.8 Å². The van der Waals surface area contributed by atoms with Crippen molar-refractivity contribution in [1.29, 1.82) is 0 Å². The zero-order valence-electron chi connectivity index (χ0n) is 17.5. The van der Waals surface area contributed by atoms with Crippen LogP contribution in [0.3, 0.4) is 0 Å². The maximum atomic E-state index is 13.5. The van der Waals surface area contributed by atoms with Gasteiger partial charge in [-0.1, -0.05) is 6.42 Å². The van der Waals surface area contributed by atoms with Crippen LogP contribution in [0.2, 0.25) is 0 Å². The summed E-state index contributed by atoms with van der Waals surface area (Å²) in [5, 5.41) is 3.20. The molecule has 3 aromatic rings. The predicted molar refractivity (Wildman–Crippen MR) is 113 cm³/mol. The predicted octanol–water partition coefficient (Wildman–Crippen LogP) is 4.86. The van der Waals surface area contributed by atoms with Crippen molar-refractivity contribution in [2.24, 2.45) is 5.92 Å². The van der Waals surface area contributed by atoms with E-state index in [1.54, 1.807) is 18.2 Å². The summed E-state index contributed by atoms with van der Waals surface area (Å²) < 4.78 is 44.3. The number of cyclic esters (lactones) is 1. The number of benzene rings is 2. The van der Waals surface area contributed by atoms with Crippen LogP contribution in [-0.2, 0) is 14.3 Å². The highest BCUT2D eigenvalue weighted by molar-refractivity contribution is 5.87. The van der Waals surface area contributed by atoms with E-state index in [9.17, 15) is 22.8 Å². The third kappa shape index (κ3) is 4.79. The number of halogens is 3. The van der Waals surface area contributed by atoms with Crippen LogP contribution in [0.5, 0.6) is 0 Å². The molecule has 0 bridgehead atoms. The Morgan fingerprint density at radius 2 is 1.78 bits per heavy atom. The van der Waals surface area contributed by atoms with Crippen molar-refractivity contribution in [2.75, 3.05) is 0 Å². The van der Waals surface area contributed by atoms with E-state index < -0.39 is 17.7 Å². The zero-order valence-corrected chi connectivity index (χ0v) is 17.5. The number of fused-ring (bicyclic) bond motifs is 1. The molecule has 1 saturated heterocycles. The standard InChI is InChI=1S/C14H8F3N.C10H15NO3/c15-10-3-1-8(2-4-10)13-6-9-5-11(16)7-12(17)14(9)18-13;1-6-5-8(10(13)14-6)11-9(12)7-3-2-4-7/h1-7,18H;6-8H,2-5H2,1H3,(H,11,12). The molecule has 2 aliphatic rings. The minimum atomic E-state index is -0.640. The molecular weight excluding hydrogens is 421 g/mol. The maximum absolute atomic E-state index is 13.5. The molecule has 2 heterocycles. The first-order valence-electron chi connectivity index (χ1n) is 10.5. The Bertz CT molecular complexity index is 1140. The largest absolute Gasteiger partial charge is 0.461 e. The van der Waals surface area contributed by atoms with Gasteiger partial charge < -0.3 is 15.0 Å². The quantitative estimate of drug-likeness (QED) is 0.567. The molecule has 0 spiro atoms. The van der Waals surface area contributed by atoms with Gasteiger partial charge in [0.1, 0.15) is 29.6 Å². The van der Waals surface area contributed by atoms with Crippen molar-refractivity contribution in [3.63, 3.8) is 0 Å². The van der Waals surface area contributed by atoms with Crippen LogP contribution in [-0.4, -0.2) is 29.0 Å². The highest BCUT2D eigenvalue weighted by Gasteiger charge is 2.35. The number of hydrogen-bond acceptors (Lipinski definition) is 3. The number of carbonyl (C=O) groups excluding carboxylic acids is 2. The molecule has 5 nitrogen and oxygen atoms in total. The maximum Gasteiger partial charge on any atom is 0.329 e. The Morgan fingerprint density at radius 1 is 1.06 bits per heavy atom. The average molecular weight is 444 g/mol. The minimum absolute atomic E-state index is 0.0206. The van der Waals surface area contributed by atoms with Crippen LogP contribution in [0, 0.1) is 23.4 Å². The molecule has 2 unspecified atom stereocenters. The minimum Gasteiger partial charge on any atom is -0.461 e. The SMILES string of the molecule is CC1CC(NC(=O)C2CCC2)C(=O)O1.Fc1ccc(-c2cc3cc(F)cc(F)c3[nH]2)cc1. The van der Waals surface area contributed by atoms with Crippen LogP contribution >= 0.6 is 0 Å². The second-order valence-electron chi connectivity index (χ2n) is 8.21. The van der Waals surface area contributed by atoms with Crippen LogP contribution in [0.4, 0.5) is 13.2 Å². The van der Waals surface area contributed by atoms with E-state index in [1.165, 1.54) is 18.2 Å². The van der Waals surface area contributed by atoms with Crippen molar-refractivity contribution in [2.45, 2.75) is 44.8 Å². The summed E-state index contributed by atoms with van der Waals surface area (Å²) in [6.07, 6.45) is 3.60. The van der Waals surface area contributed by atoms with Crippen molar-refractivity contribution in [3.8, 4) is 11.3 Å². The van der Waals surface area contributed by atoms with Gasteiger partial charge >= 0.3 is 5.97 Å². The molecule has 2 fully saturated rings. The summed E-state index contributed by atoms with van der Waals surface area (Å²) in [7, 11) is 0. The second-order valence-corrected chi connectivity index (χ2v) is 8.21. The van der Waals surface area contributed by atoms with Gasteiger partial charge in [-0.25, -0.2) is 18.0 Å². The summed E-state index contributed by atoms with van der Waals surface area (Å²) in [5.41, 5.74) is 1.58. The molecule has 1 saturated carbocycles. The Labute approximate surface area is 183 Å². The molecule has 32 heavy (non-hydrogen) atoms. The number of carbonyl (C=O) groups is 2. The van der Waals surface area contributed by atoms with Crippen molar-refractivity contribution in [3.05, 3.63) is 59.9 Å². The fourth-order valence-electron chi connectivity index (χ4n) is 3.78. The molecule has 2 N–H and O–H groups in total. The molecule has 1 amide bonds. The van der Waals surface area contributed by atoms with Gasteiger partial charge in [0.2, 0.25) is 5.91 Å². The van der Waals surface area contributed by atoms with Crippen LogP contribution in [0.25, 0.3) is 22.2 Å². The monoisotopic (exact) mass is 444 g/mol. The number of ether oxygens (including phenoxy) is 1. The van der Waals surface area contributed by atoms with E-state index in [2.05, 4.69) is 10.3 Å². The lowest BCUT2D eigenvalue weighted by Crippen LogP contribution is -2.43. The van der Waals surface area contributed by atoms with E-state index in [0.29, 0.717) is 23.1 Å². The van der Waals surface area contributed by atoms with E-state index in [1.807, 2.05) is 6.92 Å². The molecule has 5 rings (SSSR count). The summed E-state index contributed by atoms with van der Waals surface area (Å²) in [5.74, 6) is -1.73. The Morgan fingerprint density at radius 3 is 2.38 bits per heavy atom. The lowest BCUT2D eigenvalue weighted by atomic mass is 9.84. The summed E-state index contributed by atoms with van der Waals surface area (Å²) in [6.45, 7) is 1.84. The topological polar surface area (TPSA) is 71.2 Å². The number of hydrogen-bond donors (Lipinski definition) is 2. The fraction of sp³-hybridized carbons (Fsp3) is 0.333. The number of aromatic amines is 1. The van der Waals surface area contributed by atoms with E-state index in [0.717, 1.165) is 25.3 Å². The molecule has 2 aromatic carbocycles. The fourth-order valence-corrected chi connectivity index (χ4v) is 3.78. The molecule has 1 aliphatic heterocycles. The first-order chi connectivity index (χ1) is 15.3. The summed E-state index contributed by atoms with van der Waals surface area (Å²) in [4.78, 5) is 25.6. The third-order valence-electron chi connectivity index (χ3n) is 5.76. The van der Waals surface area contributed by atoms with Crippen LogP contribution < -0.4 is 5.32 Å². The van der Waals surface area contributed by atoms with Crippen LogP contribution in [0.1, 0.15) is 32.6 Å². The number of rotatable bonds is 3. The number of esters is 1. The van der Waals surface area contributed by atoms with Gasteiger partial charge in [-0.3, -0.25) is 4.79 Å². The Balaban J connectivity index is 0.000000158. The molecule has 1 aromatic heterocycles. The molecule has 0 radical (unpaired) electrons. The smallest absolute Gasteiger partial charge is 0.329 e. The first kappa shape index (κ1) is 21.9. The second kappa shape index (κ2) is 9.06. The lowest BCUT2D eigenvalue weighted by molar-refractivity contribution is -0.144. The van der Waals surface area contributed by atoms with Gasteiger partial charge in [0.15, 0.2) is 0 Å². The summed E-state index contributed by atoms with van der Waals surface area (Å²) in [6, 6.07) is 9.10. The Hall–Kier alpha value is -3.29. The number of aromatic nitrogens is 1. The van der Waals surface area contributed by atoms with Gasteiger partial charge in [-0.2, -0.15) is 0 Å². The average Bonchev–Trinajstić information content (AvgIpc) is 3.24. The van der Waals surface area contributed by atoms with Gasteiger partial charge in [0.05, 0.1) is 5.52 Å². The normalized spacial score (nSPS) is 20.3. The van der Waals surface area contributed by atoms with Crippen molar-refractivity contribution < 1.29 is 27.5 Å². The van der Waals surface area contributed by atoms with Crippen LogP contribution in [0.15, 0.2) is 42.5 Å². The first-order valence-corrected chi connectivity index (χ1v) is 10.5. The van der Waals surface area contributed by atoms with E-state index in [-0.39, 0.29) is 35.2 Å². The van der Waals surface area contributed by atoms with Gasteiger partial charge in [-0.15, -0.1) is 0 Å². The van der Waals surface area contributed by atoms with Gasteiger partial charge in [0.25, 0.3) is 0 Å². The lowest BCUT2D eigenvalue weighted by Gasteiger charge is -2.25. The summed E-state index contributed by atoms with van der Waals surface area (Å²) >= 11 is 0. The molecule has 8 heteroatoms. The number of H-pyrrole nitrogens is 1. The highest BCUT2D eigenvalue weighted by atomic mass is 19.1. The zero-order chi connectivity index (χ0) is 22.8. The molecular formula is C24H23F3N2O3.